The Labute approximate surface area is 144 Å². The lowest BCUT2D eigenvalue weighted by Gasteiger charge is -2.05. The van der Waals surface area contributed by atoms with Crippen molar-refractivity contribution >= 4 is 5.91 Å². The van der Waals surface area contributed by atoms with Crippen molar-refractivity contribution in [3.8, 4) is 11.8 Å². The molecular weight excluding hydrogens is 320 g/mol. The van der Waals surface area contributed by atoms with E-state index in [0.29, 0.717) is 30.0 Å². The van der Waals surface area contributed by atoms with Crippen molar-refractivity contribution in [2.75, 3.05) is 6.54 Å². The number of nitrogens with one attached hydrogen (secondary N) is 1. The minimum Gasteiger partial charge on any atom is -0.484 e. The molecule has 0 aliphatic heterocycles. The van der Waals surface area contributed by atoms with Crippen LogP contribution in [0.15, 0.2) is 63.6 Å². The van der Waals surface area contributed by atoms with Gasteiger partial charge in [0.25, 0.3) is 5.91 Å². The maximum Gasteiger partial charge on any atom is 0.287 e. The first-order chi connectivity index (χ1) is 12.3. The van der Waals surface area contributed by atoms with Crippen molar-refractivity contribution in [2.45, 2.75) is 13.0 Å². The van der Waals surface area contributed by atoms with Crippen molar-refractivity contribution < 1.29 is 18.4 Å². The van der Waals surface area contributed by atoms with Gasteiger partial charge in [-0.25, -0.2) is 0 Å². The molecule has 1 aromatic carbocycles. The summed E-state index contributed by atoms with van der Waals surface area (Å²) in [6.07, 6.45) is 2.21. The van der Waals surface area contributed by atoms with Gasteiger partial charge in [0.15, 0.2) is 5.76 Å². The molecule has 126 valence electrons. The summed E-state index contributed by atoms with van der Waals surface area (Å²) in [6.45, 7) is 0.590. The second-order valence-corrected chi connectivity index (χ2v) is 5.25. The van der Waals surface area contributed by atoms with Crippen LogP contribution in [0.5, 0.6) is 5.75 Å². The number of carbonyl (C=O) groups is 1. The average molecular weight is 336 g/mol. The molecule has 2 aromatic heterocycles. The lowest BCUT2D eigenvalue weighted by Crippen LogP contribution is -2.25. The molecule has 6 nitrogen and oxygen atoms in total. The third-order valence-corrected chi connectivity index (χ3v) is 3.50. The first kappa shape index (κ1) is 16.4. The Kier molecular flexibility index (Phi) is 5.17. The van der Waals surface area contributed by atoms with Crippen LogP contribution in [-0.4, -0.2) is 12.5 Å². The van der Waals surface area contributed by atoms with E-state index in [0.717, 1.165) is 5.76 Å². The van der Waals surface area contributed by atoms with Crippen LogP contribution in [0.25, 0.3) is 0 Å². The van der Waals surface area contributed by atoms with Gasteiger partial charge in [-0.05, 0) is 36.4 Å². The highest BCUT2D eigenvalue weighted by molar-refractivity contribution is 5.91. The normalized spacial score (nSPS) is 10.2. The Bertz CT molecular complexity index is 875. The molecule has 1 N–H and O–H groups in total. The zero-order valence-corrected chi connectivity index (χ0v) is 13.4. The van der Waals surface area contributed by atoms with E-state index < -0.39 is 0 Å². The van der Waals surface area contributed by atoms with Gasteiger partial charge in [0.1, 0.15) is 29.9 Å². The van der Waals surface area contributed by atoms with E-state index in [1.54, 1.807) is 48.7 Å². The smallest absolute Gasteiger partial charge is 0.287 e. The van der Waals surface area contributed by atoms with Gasteiger partial charge in [-0.2, -0.15) is 5.26 Å². The molecule has 0 saturated heterocycles. The van der Waals surface area contributed by atoms with E-state index in [-0.39, 0.29) is 18.3 Å². The topological polar surface area (TPSA) is 88.4 Å². The summed E-state index contributed by atoms with van der Waals surface area (Å²) in [7, 11) is 0. The van der Waals surface area contributed by atoms with Crippen molar-refractivity contribution in [3.63, 3.8) is 0 Å². The number of para-hydroxylation sites is 1. The van der Waals surface area contributed by atoms with Gasteiger partial charge >= 0.3 is 0 Å². The minimum atomic E-state index is -0.296. The maximum absolute atomic E-state index is 12.0. The number of hydrogen-bond donors (Lipinski definition) is 1. The molecule has 0 aliphatic carbocycles. The van der Waals surface area contributed by atoms with Crippen LogP contribution >= 0.6 is 0 Å². The molecule has 0 aliphatic rings. The van der Waals surface area contributed by atoms with E-state index in [1.165, 1.54) is 0 Å². The Hall–Kier alpha value is -3.46. The van der Waals surface area contributed by atoms with Crippen molar-refractivity contribution in [1.82, 2.24) is 5.32 Å². The van der Waals surface area contributed by atoms with Crippen LogP contribution in [0.4, 0.5) is 0 Å². The molecule has 3 aromatic rings. The molecule has 1 amide bonds. The Morgan fingerprint density at radius 2 is 2.00 bits per heavy atom. The third kappa shape index (κ3) is 4.30. The number of carbonyl (C=O) groups excluding carboxylic acids is 1. The van der Waals surface area contributed by atoms with Gasteiger partial charge in [-0.15, -0.1) is 0 Å². The summed E-state index contributed by atoms with van der Waals surface area (Å²) in [5.41, 5.74) is 0.449. The SMILES string of the molecule is N#Cc1ccccc1OCc1ccc(C(=O)NCCc2ccco2)o1. The van der Waals surface area contributed by atoms with Crippen molar-refractivity contribution in [2.24, 2.45) is 0 Å². The zero-order chi connectivity index (χ0) is 17.5. The average Bonchev–Trinajstić information content (AvgIpc) is 3.32. The number of benzene rings is 1. The third-order valence-electron chi connectivity index (χ3n) is 3.50. The summed E-state index contributed by atoms with van der Waals surface area (Å²) in [5.74, 6) is 1.71. The number of hydrogen-bond acceptors (Lipinski definition) is 5. The number of furan rings is 2. The molecule has 6 heteroatoms. The standard InChI is InChI=1S/C19H16N2O4/c20-12-14-4-1-2-6-17(14)24-13-16-7-8-18(25-16)19(22)21-10-9-15-5-3-11-23-15/h1-8,11H,9-10,13H2,(H,21,22). The predicted octanol–water partition coefficient (Wildman–Crippen LogP) is 3.30. The van der Waals surface area contributed by atoms with Gasteiger partial charge in [-0.3, -0.25) is 4.79 Å². The summed E-state index contributed by atoms with van der Waals surface area (Å²) < 4.78 is 16.3. The number of ether oxygens (including phenoxy) is 1. The summed E-state index contributed by atoms with van der Waals surface area (Å²) in [5, 5.41) is 11.8. The van der Waals surface area contributed by atoms with Crippen LogP contribution in [0.2, 0.25) is 0 Å². The molecule has 25 heavy (non-hydrogen) atoms. The van der Waals surface area contributed by atoms with Crippen LogP contribution < -0.4 is 10.1 Å². The molecule has 0 radical (unpaired) electrons. The molecule has 0 fully saturated rings. The van der Waals surface area contributed by atoms with Crippen LogP contribution in [-0.2, 0) is 13.0 Å². The Balaban J connectivity index is 1.51. The lowest BCUT2D eigenvalue weighted by molar-refractivity contribution is 0.0922. The highest BCUT2D eigenvalue weighted by Gasteiger charge is 2.12. The van der Waals surface area contributed by atoms with Crippen LogP contribution in [0.3, 0.4) is 0 Å². The van der Waals surface area contributed by atoms with Crippen molar-refractivity contribution in [3.05, 3.63) is 77.6 Å². The van der Waals surface area contributed by atoms with Crippen LogP contribution in [0.1, 0.15) is 27.6 Å². The summed E-state index contributed by atoms with van der Waals surface area (Å²) in [6, 6.07) is 15.9. The predicted molar refractivity (Wildman–Crippen MR) is 88.9 cm³/mol. The largest absolute Gasteiger partial charge is 0.484 e. The molecular formula is C19H16N2O4. The number of rotatable bonds is 7. The van der Waals surface area contributed by atoms with E-state index in [4.69, 9.17) is 18.8 Å². The van der Waals surface area contributed by atoms with E-state index >= 15 is 0 Å². The highest BCUT2D eigenvalue weighted by Crippen LogP contribution is 2.19. The lowest BCUT2D eigenvalue weighted by atomic mass is 10.2. The first-order valence-electron chi connectivity index (χ1n) is 7.77. The number of nitriles is 1. The van der Waals surface area contributed by atoms with Gasteiger partial charge in [0.05, 0.1) is 11.8 Å². The molecule has 0 saturated carbocycles. The zero-order valence-electron chi connectivity index (χ0n) is 13.4. The maximum atomic E-state index is 12.0. The minimum absolute atomic E-state index is 0.137. The quantitative estimate of drug-likeness (QED) is 0.715. The van der Waals surface area contributed by atoms with Gasteiger partial charge in [-0.1, -0.05) is 12.1 Å². The highest BCUT2D eigenvalue weighted by atomic mass is 16.5. The fourth-order valence-corrected chi connectivity index (χ4v) is 2.25. The van der Waals surface area contributed by atoms with Gasteiger partial charge < -0.3 is 18.9 Å². The van der Waals surface area contributed by atoms with E-state index in [1.807, 2.05) is 6.07 Å². The first-order valence-corrected chi connectivity index (χ1v) is 7.77. The molecule has 0 bridgehead atoms. The Morgan fingerprint density at radius 1 is 1.12 bits per heavy atom. The fraction of sp³-hybridized carbons (Fsp3) is 0.158. The fourth-order valence-electron chi connectivity index (χ4n) is 2.25. The summed E-state index contributed by atoms with van der Waals surface area (Å²) in [4.78, 5) is 12.0. The van der Waals surface area contributed by atoms with E-state index in [2.05, 4.69) is 11.4 Å². The number of nitrogens with zero attached hydrogens (tertiary/aromatic N) is 1. The second kappa shape index (κ2) is 7.88. The molecule has 0 atom stereocenters. The monoisotopic (exact) mass is 336 g/mol. The van der Waals surface area contributed by atoms with Gasteiger partial charge in [0.2, 0.25) is 0 Å². The summed E-state index contributed by atoms with van der Waals surface area (Å²) >= 11 is 0. The Morgan fingerprint density at radius 3 is 2.80 bits per heavy atom. The molecule has 2 heterocycles. The van der Waals surface area contributed by atoms with Gasteiger partial charge in [0, 0.05) is 13.0 Å². The molecule has 0 spiro atoms. The van der Waals surface area contributed by atoms with Crippen LogP contribution in [0, 0.1) is 11.3 Å². The molecule has 0 unspecified atom stereocenters. The second-order valence-electron chi connectivity index (χ2n) is 5.25. The number of amides is 1. The van der Waals surface area contributed by atoms with E-state index in [9.17, 15) is 4.79 Å². The molecule has 3 rings (SSSR count). The van der Waals surface area contributed by atoms with Crippen molar-refractivity contribution in [1.29, 1.82) is 5.26 Å².